The number of allylic oxidation sites excluding steroid dienone is 2. The molecule has 13 heavy (non-hydrogen) atoms. The topological polar surface area (TPSA) is 33.0 Å². The van der Waals surface area contributed by atoms with E-state index in [1.54, 1.807) is 6.08 Å². The number of nitrogens with zero attached hydrogens (tertiary/aromatic N) is 1. The second kappa shape index (κ2) is 6.68. The molecule has 2 nitrogen and oxygen atoms in total. The molecule has 2 heteroatoms. The SMILES string of the molecule is C1CCOC1.N#CC=CC1CCC1. The fourth-order valence-electron chi connectivity index (χ4n) is 1.32. The molecule has 0 radical (unpaired) electrons. The van der Waals surface area contributed by atoms with Gasteiger partial charge in [0.2, 0.25) is 0 Å². The Bertz CT molecular complexity index is 177. The summed E-state index contributed by atoms with van der Waals surface area (Å²) in [6, 6.07) is 1.99. The zero-order valence-electron chi connectivity index (χ0n) is 8.04. The van der Waals surface area contributed by atoms with Gasteiger partial charge in [0.05, 0.1) is 6.07 Å². The van der Waals surface area contributed by atoms with Crippen LogP contribution in [0.25, 0.3) is 0 Å². The van der Waals surface area contributed by atoms with E-state index in [1.165, 1.54) is 32.1 Å². The summed E-state index contributed by atoms with van der Waals surface area (Å²) in [5.74, 6) is 0.731. The van der Waals surface area contributed by atoms with Gasteiger partial charge in [-0.2, -0.15) is 5.26 Å². The van der Waals surface area contributed by atoms with Gasteiger partial charge in [0.1, 0.15) is 0 Å². The van der Waals surface area contributed by atoms with Gasteiger partial charge in [-0.25, -0.2) is 0 Å². The molecule has 2 rings (SSSR count). The summed E-state index contributed by atoms with van der Waals surface area (Å²) in [6.45, 7) is 2.00. The molecular formula is C11H17NO. The zero-order chi connectivity index (χ0) is 9.36. The first-order chi connectivity index (χ1) is 6.43. The van der Waals surface area contributed by atoms with Crippen LogP contribution in [-0.2, 0) is 4.74 Å². The molecule has 1 saturated carbocycles. The largest absolute Gasteiger partial charge is 0.381 e. The maximum atomic E-state index is 8.10. The van der Waals surface area contributed by atoms with Crippen molar-refractivity contribution in [2.24, 2.45) is 5.92 Å². The predicted octanol–water partition coefficient (Wildman–Crippen LogP) is 2.66. The summed E-state index contributed by atoms with van der Waals surface area (Å²) >= 11 is 0. The van der Waals surface area contributed by atoms with Gasteiger partial charge >= 0.3 is 0 Å². The highest BCUT2D eigenvalue weighted by Gasteiger charge is 2.12. The van der Waals surface area contributed by atoms with Gasteiger partial charge in [0.25, 0.3) is 0 Å². The van der Waals surface area contributed by atoms with Crippen molar-refractivity contribution in [3.8, 4) is 6.07 Å². The van der Waals surface area contributed by atoms with Crippen molar-refractivity contribution in [3.05, 3.63) is 12.2 Å². The number of nitriles is 1. The van der Waals surface area contributed by atoms with Crippen molar-refractivity contribution < 1.29 is 4.74 Å². The first-order valence-electron chi connectivity index (χ1n) is 5.07. The molecule has 72 valence electrons. The van der Waals surface area contributed by atoms with Crippen LogP contribution in [-0.4, -0.2) is 13.2 Å². The number of hydrogen-bond acceptors (Lipinski definition) is 2. The smallest absolute Gasteiger partial charge is 0.0908 e. The standard InChI is InChI=1S/C7H9N.C4H8O/c8-6-2-5-7-3-1-4-7;1-2-4-5-3-1/h2,5,7H,1,3-4H2;1-4H2. The molecule has 0 aromatic rings. The second-order valence-corrected chi connectivity index (χ2v) is 3.50. The fourth-order valence-corrected chi connectivity index (χ4v) is 1.32. The Morgan fingerprint density at radius 2 is 1.85 bits per heavy atom. The predicted molar refractivity (Wildman–Crippen MR) is 52.1 cm³/mol. The van der Waals surface area contributed by atoms with Gasteiger partial charge in [0, 0.05) is 19.3 Å². The molecule has 1 aliphatic heterocycles. The van der Waals surface area contributed by atoms with Crippen LogP contribution in [0.15, 0.2) is 12.2 Å². The highest BCUT2D eigenvalue weighted by atomic mass is 16.5. The Morgan fingerprint density at radius 1 is 1.15 bits per heavy atom. The molecule has 0 amide bonds. The normalized spacial score (nSPS) is 21.8. The number of ether oxygens (including phenoxy) is 1. The highest BCUT2D eigenvalue weighted by Crippen LogP contribution is 2.26. The third-order valence-corrected chi connectivity index (χ3v) is 2.42. The Labute approximate surface area is 80.2 Å². The van der Waals surface area contributed by atoms with Gasteiger partial charge in [-0.1, -0.05) is 12.5 Å². The van der Waals surface area contributed by atoms with Crippen molar-refractivity contribution in [1.82, 2.24) is 0 Å². The van der Waals surface area contributed by atoms with Gasteiger partial charge in [-0.3, -0.25) is 0 Å². The Kier molecular flexibility index (Phi) is 5.28. The van der Waals surface area contributed by atoms with Crippen LogP contribution < -0.4 is 0 Å². The first kappa shape index (κ1) is 10.3. The summed E-state index contributed by atoms with van der Waals surface area (Å²) in [6.07, 6.45) is 10.1. The van der Waals surface area contributed by atoms with Crippen LogP contribution in [0.4, 0.5) is 0 Å². The van der Waals surface area contributed by atoms with E-state index in [4.69, 9.17) is 10.00 Å². The van der Waals surface area contributed by atoms with E-state index in [1.807, 2.05) is 12.1 Å². The van der Waals surface area contributed by atoms with Crippen LogP contribution in [0, 0.1) is 17.2 Å². The molecule has 1 heterocycles. The lowest BCUT2D eigenvalue weighted by Gasteiger charge is -2.20. The molecule has 0 N–H and O–H groups in total. The van der Waals surface area contributed by atoms with Gasteiger partial charge in [0.15, 0.2) is 0 Å². The number of hydrogen-bond donors (Lipinski definition) is 0. The molecule has 0 atom stereocenters. The lowest BCUT2D eigenvalue weighted by molar-refractivity contribution is 0.198. The lowest BCUT2D eigenvalue weighted by Crippen LogP contribution is -2.06. The third-order valence-electron chi connectivity index (χ3n) is 2.42. The van der Waals surface area contributed by atoms with Gasteiger partial charge < -0.3 is 4.74 Å². The lowest BCUT2D eigenvalue weighted by atomic mass is 9.85. The van der Waals surface area contributed by atoms with Crippen molar-refractivity contribution in [2.75, 3.05) is 13.2 Å². The van der Waals surface area contributed by atoms with Crippen LogP contribution in [0.2, 0.25) is 0 Å². The van der Waals surface area contributed by atoms with Crippen molar-refractivity contribution >= 4 is 0 Å². The van der Waals surface area contributed by atoms with Crippen LogP contribution in [0.3, 0.4) is 0 Å². The molecule has 2 fully saturated rings. The average Bonchev–Trinajstić information content (AvgIpc) is 2.58. The summed E-state index contributed by atoms with van der Waals surface area (Å²) in [7, 11) is 0. The van der Waals surface area contributed by atoms with E-state index in [9.17, 15) is 0 Å². The fraction of sp³-hybridized carbons (Fsp3) is 0.727. The molecule has 1 saturated heterocycles. The van der Waals surface area contributed by atoms with Crippen molar-refractivity contribution in [2.45, 2.75) is 32.1 Å². The molecule has 2 aliphatic rings. The van der Waals surface area contributed by atoms with Gasteiger partial charge in [-0.15, -0.1) is 0 Å². The Balaban J connectivity index is 0.000000145. The summed E-state index contributed by atoms with van der Waals surface area (Å²) in [4.78, 5) is 0. The maximum Gasteiger partial charge on any atom is 0.0908 e. The monoisotopic (exact) mass is 179 g/mol. The Morgan fingerprint density at radius 3 is 2.15 bits per heavy atom. The highest BCUT2D eigenvalue weighted by molar-refractivity contribution is 5.05. The van der Waals surface area contributed by atoms with Crippen molar-refractivity contribution in [1.29, 1.82) is 5.26 Å². The van der Waals surface area contributed by atoms with E-state index in [-0.39, 0.29) is 0 Å². The molecule has 0 unspecified atom stereocenters. The summed E-state index contributed by atoms with van der Waals surface area (Å²) in [5.41, 5.74) is 0. The molecular weight excluding hydrogens is 162 g/mol. The van der Waals surface area contributed by atoms with E-state index in [0.717, 1.165) is 19.1 Å². The minimum Gasteiger partial charge on any atom is -0.381 e. The first-order valence-corrected chi connectivity index (χ1v) is 5.07. The van der Waals surface area contributed by atoms with E-state index < -0.39 is 0 Å². The van der Waals surface area contributed by atoms with Crippen LogP contribution >= 0.6 is 0 Å². The molecule has 0 spiro atoms. The van der Waals surface area contributed by atoms with Crippen LogP contribution in [0.1, 0.15) is 32.1 Å². The third kappa shape index (κ3) is 4.69. The second-order valence-electron chi connectivity index (χ2n) is 3.50. The minimum atomic E-state index is 0.731. The van der Waals surface area contributed by atoms with Crippen molar-refractivity contribution in [3.63, 3.8) is 0 Å². The average molecular weight is 179 g/mol. The van der Waals surface area contributed by atoms with E-state index in [2.05, 4.69) is 0 Å². The van der Waals surface area contributed by atoms with E-state index in [0.29, 0.717) is 0 Å². The minimum absolute atomic E-state index is 0.731. The van der Waals surface area contributed by atoms with E-state index >= 15 is 0 Å². The number of rotatable bonds is 1. The molecule has 1 aliphatic carbocycles. The zero-order valence-corrected chi connectivity index (χ0v) is 8.04. The van der Waals surface area contributed by atoms with Crippen LogP contribution in [0.5, 0.6) is 0 Å². The molecule has 0 bridgehead atoms. The van der Waals surface area contributed by atoms with Gasteiger partial charge in [-0.05, 0) is 31.6 Å². The summed E-state index contributed by atoms with van der Waals surface area (Å²) < 4.78 is 4.94. The summed E-state index contributed by atoms with van der Waals surface area (Å²) in [5, 5.41) is 8.10. The quantitative estimate of drug-likeness (QED) is 0.580. The molecule has 0 aromatic carbocycles. The maximum absolute atomic E-state index is 8.10. The Hall–Kier alpha value is -0.810. The molecule has 0 aromatic heterocycles.